The van der Waals surface area contributed by atoms with Crippen LogP contribution < -0.4 is 0 Å². The average molecular weight is 368 g/mol. The maximum Gasteiger partial charge on any atom is 0.223 e. The summed E-state index contributed by atoms with van der Waals surface area (Å²) in [5.41, 5.74) is 1.62. The van der Waals surface area contributed by atoms with E-state index in [2.05, 4.69) is 11.1 Å². The van der Waals surface area contributed by atoms with Crippen LogP contribution in [0.15, 0.2) is 48.5 Å². The fraction of sp³-hybridized carbons (Fsp3) is 0.333. The summed E-state index contributed by atoms with van der Waals surface area (Å²) in [6.45, 7) is 0.372. The van der Waals surface area contributed by atoms with E-state index in [4.69, 9.17) is 0 Å². The second kappa shape index (κ2) is 7.54. The van der Waals surface area contributed by atoms with Crippen molar-refractivity contribution < 1.29 is 9.18 Å². The molecule has 0 atom stereocenters. The Morgan fingerprint density at radius 3 is 2.69 bits per heavy atom. The highest BCUT2D eigenvalue weighted by Gasteiger charge is 2.32. The molecule has 1 heterocycles. The van der Waals surface area contributed by atoms with E-state index in [9.17, 15) is 9.18 Å². The number of nitrogens with zero attached hydrogens (tertiary/aromatic N) is 2. The Bertz CT molecular complexity index is 886. The summed E-state index contributed by atoms with van der Waals surface area (Å²) in [6, 6.07) is 15.1. The molecule has 3 aromatic rings. The summed E-state index contributed by atoms with van der Waals surface area (Å²) in [7, 11) is 0. The largest absolute Gasteiger partial charge is 0.335 e. The Morgan fingerprint density at radius 2 is 1.92 bits per heavy atom. The zero-order valence-corrected chi connectivity index (χ0v) is 15.3. The van der Waals surface area contributed by atoms with E-state index in [1.165, 1.54) is 10.8 Å². The zero-order chi connectivity index (χ0) is 17.9. The highest BCUT2D eigenvalue weighted by Crippen LogP contribution is 2.30. The lowest BCUT2D eigenvalue weighted by molar-refractivity contribution is -0.132. The van der Waals surface area contributed by atoms with Crippen LogP contribution >= 0.6 is 11.3 Å². The van der Waals surface area contributed by atoms with Crippen molar-refractivity contribution in [3.8, 4) is 0 Å². The fourth-order valence-corrected chi connectivity index (χ4v) is 4.19. The molecule has 3 nitrogen and oxygen atoms in total. The fourth-order valence-electron chi connectivity index (χ4n) is 3.18. The Hall–Kier alpha value is -2.27. The number of aromatic nitrogens is 1. The van der Waals surface area contributed by atoms with Crippen LogP contribution in [-0.4, -0.2) is 21.8 Å². The maximum absolute atomic E-state index is 13.9. The number of benzene rings is 2. The first kappa shape index (κ1) is 17.2. The van der Waals surface area contributed by atoms with Gasteiger partial charge in [0.25, 0.3) is 0 Å². The molecule has 1 aliphatic rings. The SMILES string of the molecule is O=C(CCCc1nc2ccccc2s1)N(Cc1ccccc1F)C1CC1. The molecular weight excluding hydrogens is 347 g/mol. The van der Waals surface area contributed by atoms with Gasteiger partial charge in [-0.1, -0.05) is 30.3 Å². The Kier molecular flexibility index (Phi) is 4.98. The van der Waals surface area contributed by atoms with Crippen molar-refractivity contribution in [1.29, 1.82) is 0 Å². The molecule has 0 unspecified atom stereocenters. The van der Waals surface area contributed by atoms with Gasteiger partial charge >= 0.3 is 0 Å². The van der Waals surface area contributed by atoms with Crippen molar-refractivity contribution in [1.82, 2.24) is 9.88 Å². The molecule has 0 radical (unpaired) electrons. The van der Waals surface area contributed by atoms with Gasteiger partial charge in [-0.3, -0.25) is 4.79 Å². The van der Waals surface area contributed by atoms with E-state index in [1.807, 2.05) is 29.2 Å². The molecule has 134 valence electrons. The first-order chi connectivity index (χ1) is 12.7. The van der Waals surface area contributed by atoms with Gasteiger partial charge < -0.3 is 4.90 Å². The summed E-state index contributed by atoms with van der Waals surface area (Å²) < 4.78 is 15.1. The molecule has 1 saturated carbocycles. The summed E-state index contributed by atoms with van der Waals surface area (Å²) in [5, 5.41) is 1.08. The molecule has 0 N–H and O–H groups in total. The number of aryl methyl sites for hydroxylation is 1. The van der Waals surface area contributed by atoms with E-state index in [-0.39, 0.29) is 17.8 Å². The van der Waals surface area contributed by atoms with Crippen molar-refractivity contribution in [2.24, 2.45) is 0 Å². The standard InChI is InChI=1S/C21H21FN2OS/c22-17-7-2-1-6-15(17)14-24(16-12-13-16)21(25)11-5-10-20-23-18-8-3-4-9-19(18)26-20/h1-4,6-9,16H,5,10-14H2. The van der Waals surface area contributed by atoms with Gasteiger partial charge in [0.1, 0.15) is 5.82 Å². The molecule has 5 heteroatoms. The molecular formula is C21H21FN2OS. The first-order valence-electron chi connectivity index (χ1n) is 9.08. The summed E-state index contributed by atoms with van der Waals surface area (Å²) in [4.78, 5) is 19.2. The molecule has 0 spiro atoms. The lowest BCUT2D eigenvalue weighted by atomic mass is 10.1. The topological polar surface area (TPSA) is 33.2 Å². The molecule has 1 aromatic heterocycles. The van der Waals surface area contributed by atoms with Gasteiger partial charge in [-0.15, -0.1) is 11.3 Å². The van der Waals surface area contributed by atoms with Crippen LogP contribution in [0.2, 0.25) is 0 Å². The Morgan fingerprint density at radius 1 is 1.15 bits per heavy atom. The van der Waals surface area contributed by atoms with Crippen molar-refractivity contribution in [3.63, 3.8) is 0 Å². The number of hydrogen-bond donors (Lipinski definition) is 0. The smallest absolute Gasteiger partial charge is 0.223 e. The van der Waals surface area contributed by atoms with Gasteiger partial charge in [0.15, 0.2) is 0 Å². The van der Waals surface area contributed by atoms with Crippen molar-refractivity contribution in [2.75, 3.05) is 0 Å². The van der Waals surface area contributed by atoms with Crippen LogP contribution in [0.3, 0.4) is 0 Å². The number of fused-ring (bicyclic) bond motifs is 1. The van der Waals surface area contributed by atoms with Gasteiger partial charge in [0.05, 0.1) is 15.2 Å². The van der Waals surface area contributed by atoms with Crippen molar-refractivity contribution in [3.05, 3.63) is 64.9 Å². The number of para-hydroxylation sites is 1. The number of hydrogen-bond acceptors (Lipinski definition) is 3. The van der Waals surface area contributed by atoms with Crippen LogP contribution in [0.1, 0.15) is 36.3 Å². The second-order valence-electron chi connectivity index (χ2n) is 6.77. The van der Waals surface area contributed by atoms with E-state index in [0.29, 0.717) is 18.5 Å². The number of carbonyl (C=O) groups excluding carboxylic acids is 1. The van der Waals surface area contributed by atoms with Gasteiger partial charge in [-0.25, -0.2) is 9.37 Å². The molecule has 1 amide bonds. The van der Waals surface area contributed by atoms with E-state index in [0.717, 1.165) is 36.2 Å². The quantitative estimate of drug-likeness (QED) is 0.591. The average Bonchev–Trinajstić information content (AvgIpc) is 3.39. The maximum atomic E-state index is 13.9. The monoisotopic (exact) mass is 368 g/mol. The number of rotatable bonds is 7. The third-order valence-electron chi connectivity index (χ3n) is 4.73. The number of thiazole rings is 1. The van der Waals surface area contributed by atoms with Gasteiger partial charge in [-0.05, 0) is 43.9 Å². The molecule has 0 bridgehead atoms. The third kappa shape index (κ3) is 3.93. The zero-order valence-electron chi connectivity index (χ0n) is 14.5. The number of amides is 1. The minimum Gasteiger partial charge on any atom is -0.335 e. The van der Waals surface area contributed by atoms with Crippen molar-refractivity contribution in [2.45, 2.75) is 44.7 Å². The Balaban J connectivity index is 1.35. The van der Waals surface area contributed by atoms with Gasteiger partial charge in [-0.2, -0.15) is 0 Å². The molecule has 1 fully saturated rings. The van der Waals surface area contributed by atoms with E-state index < -0.39 is 0 Å². The van der Waals surface area contributed by atoms with Crippen LogP contribution in [0.4, 0.5) is 4.39 Å². The lowest BCUT2D eigenvalue weighted by Crippen LogP contribution is -2.32. The highest BCUT2D eigenvalue weighted by atomic mass is 32.1. The summed E-state index contributed by atoms with van der Waals surface area (Å²) in [6.07, 6.45) is 4.12. The molecule has 4 rings (SSSR count). The Labute approximate surface area is 156 Å². The van der Waals surface area contributed by atoms with Crippen LogP contribution in [-0.2, 0) is 17.8 Å². The summed E-state index contributed by atoms with van der Waals surface area (Å²) >= 11 is 1.69. The lowest BCUT2D eigenvalue weighted by Gasteiger charge is -2.23. The van der Waals surface area contributed by atoms with Crippen LogP contribution in [0, 0.1) is 5.82 Å². The molecule has 2 aromatic carbocycles. The van der Waals surface area contributed by atoms with Gasteiger partial charge in [0.2, 0.25) is 5.91 Å². The molecule has 0 saturated heterocycles. The van der Waals surface area contributed by atoms with Crippen LogP contribution in [0.25, 0.3) is 10.2 Å². The highest BCUT2D eigenvalue weighted by molar-refractivity contribution is 7.18. The molecule has 0 aliphatic heterocycles. The number of halogens is 1. The number of carbonyl (C=O) groups is 1. The van der Waals surface area contributed by atoms with E-state index in [1.54, 1.807) is 23.5 Å². The van der Waals surface area contributed by atoms with E-state index >= 15 is 0 Å². The predicted octanol–water partition coefficient (Wildman–Crippen LogP) is 4.95. The van der Waals surface area contributed by atoms with Crippen LogP contribution in [0.5, 0.6) is 0 Å². The van der Waals surface area contributed by atoms with Crippen molar-refractivity contribution >= 4 is 27.5 Å². The summed E-state index contributed by atoms with van der Waals surface area (Å²) in [5.74, 6) is -0.114. The minimum atomic E-state index is -0.236. The third-order valence-corrected chi connectivity index (χ3v) is 5.82. The minimum absolute atomic E-state index is 0.122. The molecule has 26 heavy (non-hydrogen) atoms. The second-order valence-corrected chi connectivity index (χ2v) is 7.89. The molecule has 1 aliphatic carbocycles. The first-order valence-corrected chi connectivity index (χ1v) is 9.89. The normalized spacial score (nSPS) is 13.9. The predicted molar refractivity (Wildman–Crippen MR) is 103 cm³/mol. The van der Waals surface area contributed by atoms with Gasteiger partial charge in [0, 0.05) is 24.6 Å².